The maximum absolute atomic E-state index is 9.24. The summed E-state index contributed by atoms with van der Waals surface area (Å²) < 4.78 is 1.84. The van der Waals surface area contributed by atoms with Gasteiger partial charge in [0.15, 0.2) is 5.69 Å². The van der Waals surface area contributed by atoms with Gasteiger partial charge in [0.25, 0.3) is 0 Å². The molecule has 1 aliphatic rings. The Morgan fingerprint density at radius 1 is 1.29 bits per heavy atom. The number of aliphatic hydroxyl groups excluding tert-OH is 1. The predicted octanol–water partition coefficient (Wildman–Crippen LogP) is 3.00. The molecule has 0 amide bonds. The molecule has 0 spiro atoms. The minimum Gasteiger partial charge on any atom is -0.396 e. The van der Waals surface area contributed by atoms with Crippen LogP contribution in [0.25, 0.3) is 0 Å². The molecule has 0 unspecified atom stereocenters. The van der Waals surface area contributed by atoms with E-state index in [1.54, 1.807) is 0 Å². The molecule has 1 heterocycles. The van der Waals surface area contributed by atoms with Gasteiger partial charge in [0.05, 0.1) is 5.69 Å². The molecule has 5 nitrogen and oxygen atoms in total. The van der Waals surface area contributed by atoms with E-state index in [1.807, 2.05) is 4.68 Å². The molecule has 0 bridgehead atoms. The van der Waals surface area contributed by atoms with Crippen LogP contribution in [0.4, 0.5) is 0 Å². The molecule has 2 rings (SSSR count). The molecule has 0 aromatic carbocycles. The highest BCUT2D eigenvalue weighted by Crippen LogP contribution is 2.38. The van der Waals surface area contributed by atoms with Crippen LogP contribution in [-0.2, 0) is 6.54 Å². The fourth-order valence-electron chi connectivity index (χ4n) is 3.41. The zero-order valence-electron chi connectivity index (χ0n) is 13.0. The highest BCUT2D eigenvalue weighted by molar-refractivity contribution is 5.28. The van der Waals surface area contributed by atoms with E-state index in [1.165, 1.54) is 32.1 Å². The first-order valence-corrected chi connectivity index (χ1v) is 8.24. The number of unbranched alkanes of at least 4 members (excludes halogenated alkanes) is 1. The molecule has 1 saturated carbocycles. The molecular formula is C16H26N4O. The maximum atomic E-state index is 9.24. The van der Waals surface area contributed by atoms with Gasteiger partial charge in [-0.15, -0.1) is 5.10 Å². The third-order valence-electron chi connectivity index (χ3n) is 4.61. The van der Waals surface area contributed by atoms with E-state index in [4.69, 9.17) is 5.11 Å². The first-order chi connectivity index (χ1) is 10.3. The molecule has 1 aromatic heterocycles. The molecule has 0 saturated heterocycles. The molecule has 5 heteroatoms. The Morgan fingerprint density at radius 3 is 2.67 bits per heavy atom. The van der Waals surface area contributed by atoms with Gasteiger partial charge >= 0.3 is 0 Å². The van der Waals surface area contributed by atoms with E-state index in [0.29, 0.717) is 24.6 Å². The van der Waals surface area contributed by atoms with Gasteiger partial charge in [-0.2, -0.15) is 5.26 Å². The summed E-state index contributed by atoms with van der Waals surface area (Å²) in [5.41, 5.74) is 1.48. The summed E-state index contributed by atoms with van der Waals surface area (Å²) in [6.07, 6.45) is 9.38. The van der Waals surface area contributed by atoms with Crippen molar-refractivity contribution < 1.29 is 5.11 Å². The summed E-state index contributed by atoms with van der Waals surface area (Å²) >= 11 is 0. The number of aromatic nitrogens is 3. The van der Waals surface area contributed by atoms with Crippen molar-refractivity contribution in [2.75, 3.05) is 6.61 Å². The number of rotatable bonds is 7. The molecule has 0 aliphatic heterocycles. The molecule has 1 N–H and O–H groups in total. The zero-order chi connectivity index (χ0) is 15.1. The van der Waals surface area contributed by atoms with Crippen molar-refractivity contribution in [3.8, 4) is 6.07 Å². The lowest BCUT2D eigenvalue weighted by molar-refractivity contribution is 0.269. The average molecular weight is 290 g/mol. The Labute approximate surface area is 127 Å². The van der Waals surface area contributed by atoms with E-state index in [2.05, 4.69) is 23.3 Å². The van der Waals surface area contributed by atoms with Crippen LogP contribution < -0.4 is 0 Å². The third kappa shape index (κ3) is 4.04. The Bertz CT molecular complexity index is 469. The van der Waals surface area contributed by atoms with Crippen LogP contribution in [0.3, 0.4) is 0 Å². The fraction of sp³-hybridized carbons (Fsp3) is 0.812. The maximum Gasteiger partial charge on any atom is 0.186 e. The SMILES string of the molecule is CCCCC1CCC(c2c(C#N)nnn2CCCO)CC1. The quantitative estimate of drug-likeness (QED) is 0.837. The smallest absolute Gasteiger partial charge is 0.186 e. The predicted molar refractivity (Wildman–Crippen MR) is 80.7 cm³/mol. The third-order valence-corrected chi connectivity index (χ3v) is 4.61. The first-order valence-electron chi connectivity index (χ1n) is 8.24. The summed E-state index contributed by atoms with van der Waals surface area (Å²) in [7, 11) is 0. The minimum absolute atomic E-state index is 0.144. The van der Waals surface area contributed by atoms with Crippen molar-refractivity contribution in [2.24, 2.45) is 5.92 Å². The molecule has 1 aromatic rings. The van der Waals surface area contributed by atoms with Crippen LogP contribution in [0, 0.1) is 17.2 Å². The van der Waals surface area contributed by atoms with E-state index < -0.39 is 0 Å². The summed E-state index contributed by atoms with van der Waals surface area (Å²) in [5, 5.41) is 26.3. The van der Waals surface area contributed by atoms with Crippen LogP contribution in [0.2, 0.25) is 0 Å². The molecule has 116 valence electrons. The largest absolute Gasteiger partial charge is 0.396 e. The molecule has 0 radical (unpaired) electrons. The van der Waals surface area contributed by atoms with Crippen molar-refractivity contribution in [1.29, 1.82) is 5.26 Å². The van der Waals surface area contributed by atoms with Gasteiger partial charge in [-0.25, -0.2) is 4.68 Å². The Morgan fingerprint density at radius 2 is 2.05 bits per heavy atom. The number of hydrogen-bond acceptors (Lipinski definition) is 4. The van der Waals surface area contributed by atoms with Gasteiger partial charge in [0.2, 0.25) is 0 Å². The van der Waals surface area contributed by atoms with Gasteiger partial charge in [0, 0.05) is 19.1 Å². The van der Waals surface area contributed by atoms with Crippen molar-refractivity contribution in [1.82, 2.24) is 15.0 Å². The van der Waals surface area contributed by atoms with Crippen LogP contribution in [0.5, 0.6) is 0 Å². The van der Waals surface area contributed by atoms with Crippen LogP contribution in [0.1, 0.15) is 75.6 Å². The fourth-order valence-corrected chi connectivity index (χ4v) is 3.41. The van der Waals surface area contributed by atoms with Crippen LogP contribution >= 0.6 is 0 Å². The van der Waals surface area contributed by atoms with Gasteiger partial charge in [-0.05, 0) is 38.0 Å². The summed E-state index contributed by atoms with van der Waals surface area (Å²) in [5.74, 6) is 1.26. The van der Waals surface area contributed by atoms with Gasteiger partial charge in [0.1, 0.15) is 6.07 Å². The summed E-state index contributed by atoms with van der Waals surface area (Å²) in [6, 6.07) is 2.18. The summed E-state index contributed by atoms with van der Waals surface area (Å²) in [4.78, 5) is 0. The lowest BCUT2D eigenvalue weighted by Crippen LogP contribution is -2.18. The van der Waals surface area contributed by atoms with E-state index in [0.717, 1.165) is 24.5 Å². The second-order valence-corrected chi connectivity index (χ2v) is 6.10. The molecule has 1 aliphatic carbocycles. The zero-order valence-corrected chi connectivity index (χ0v) is 13.0. The topological polar surface area (TPSA) is 74.7 Å². The minimum atomic E-state index is 0.144. The average Bonchev–Trinajstić information content (AvgIpc) is 2.94. The van der Waals surface area contributed by atoms with Crippen LogP contribution in [0.15, 0.2) is 0 Å². The molecule has 1 fully saturated rings. The number of aliphatic hydroxyl groups is 1. The Kier molecular flexibility index (Phi) is 6.19. The van der Waals surface area contributed by atoms with Crippen molar-refractivity contribution in [2.45, 2.75) is 70.8 Å². The standard InChI is InChI=1S/C16H26N4O/c1-2-3-5-13-6-8-14(9-7-13)16-15(12-17)18-19-20(16)10-4-11-21/h13-14,21H,2-11H2,1H3. The highest BCUT2D eigenvalue weighted by Gasteiger charge is 2.27. The van der Waals surface area contributed by atoms with Crippen LogP contribution in [-0.4, -0.2) is 26.7 Å². The number of nitriles is 1. The number of nitrogens with zero attached hydrogens (tertiary/aromatic N) is 4. The lowest BCUT2D eigenvalue weighted by Gasteiger charge is -2.28. The second kappa shape index (κ2) is 8.14. The van der Waals surface area contributed by atoms with Gasteiger partial charge in [-0.3, -0.25) is 0 Å². The Hall–Kier alpha value is -1.41. The van der Waals surface area contributed by atoms with Crippen molar-refractivity contribution in [3.63, 3.8) is 0 Å². The van der Waals surface area contributed by atoms with Gasteiger partial charge < -0.3 is 5.11 Å². The molecule has 0 atom stereocenters. The Balaban J connectivity index is 2.01. The van der Waals surface area contributed by atoms with E-state index in [9.17, 15) is 5.26 Å². The van der Waals surface area contributed by atoms with E-state index >= 15 is 0 Å². The first kappa shape index (κ1) is 16.0. The summed E-state index contributed by atoms with van der Waals surface area (Å²) in [6.45, 7) is 3.04. The molecule has 21 heavy (non-hydrogen) atoms. The number of aryl methyl sites for hydroxylation is 1. The second-order valence-electron chi connectivity index (χ2n) is 6.10. The molecular weight excluding hydrogens is 264 g/mol. The monoisotopic (exact) mass is 290 g/mol. The lowest BCUT2D eigenvalue weighted by atomic mass is 9.78. The number of hydrogen-bond donors (Lipinski definition) is 1. The normalized spacial score (nSPS) is 22.1. The van der Waals surface area contributed by atoms with Crippen molar-refractivity contribution >= 4 is 0 Å². The van der Waals surface area contributed by atoms with Crippen molar-refractivity contribution in [3.05, 3.63) is 11.4 Å². The highest BCUT2D eigenvalue weighted by atomic mass is 16.3. The van der Waals surface area contributed by atoms with E-state index in [-0.39, 0.29) is 6.61 Å². The van der Waals surface area contributed by atoms with Gasteiger partial charge in [-0.1, -0.05) is 31.4 Å².